The van der Waals surface area contributed by atoms with Crippen LogP contribution in [0.2, 0.25) is 0 Å². The lowest BCUT2D eigenvalue weighted by molar-refractivity contribution is 0.0752. The molecule has 0 aromatic carbocycles. The van der Waals surface area contributed by atoms with E-state index in [4.69, 9.17) is 4.74 Å². The molecule has 0 atom stereocenters. The highest BCUT2D eigenvalue weighted by Gasteiger charge is 2.27. The molecule has 1 aliphatic rings. The van der Waals surface area contributed by atoms with Gasteiger partial charge in [0.15, 0.2) is 23.0 Å². The first-order valence-electron chi connectivity index (χ1n) is 12.4. The third-order valence-corrected chi connectivity index (χ3v) is 6.84. The third kappa shape index (κ3) is 4.51. The number of hydrogen-bond acceptors (Lipinski definition) is 7. The summed E-state index contributed by atoms with van der Waals surface area (Å²) in [6.07, 6.45) is 6.81. The second kappa shape index (κ2) is 9.33. The summed E-state index contributed by atoms with van der Waals surface area (Å²) in [5.74, 6) is 0.752. The van der Waals surface area contributed by atoms with Gasteiger partial charge in [0.2, 0.25) is 0 Å². The van der Waals surface area contributed by atoms with Crippen molar-refractivity contribution in [1.29, 1.82) is 0 Å². The largest absolute Gasteiger partial charge is 0.493 e. The van der Waals surface area contributed by atoms with E-state index in [9.17, 15) is 5.11 Å². The van der Waals surface area contributed by atoms with Crippen molar-refractivity contribution in [2.45, 2.75) is 58.1 Å². The maximum absolute atomic E-state index is 16.1. The molecule has 0 unspecified atom stereocenters. The molecule has 0 radical (unpaired) electrons. The smallest absolute Gasteiger partial charge is 0.197 e. The molecule has 0 spiro atoms. The van der Waals surface area contributed by atoms with Crippen LogP contribution in [0.25, 0.3) is 27.8 Å². The lowest BCUT2D eigenvalue weighted by atomic mass is 9.96. The Morgan fingerprint density at radius 1 is 1.28 bits per heavy atom. The van der Waals surface area contributed by atoms with Gasteiger partial charge in [0, 0.05) is 42.8 Å². The molecular weight excluding hydrogens is 461 g/mol. The maximum atomic E-state index is 16.1. The number of piperidine rings is 1. The number of aliphatic hydroxyl groups is 1. The first-order chi connectivity index (χ1) is 17.2. The fraction of sp³-hybridized carbons (Fsp3) is 0.500. The van der Waals surface area contributed by atoms with E-state index in [2.05, 4.69) is 39.2 Å². The van der Waals surface area contributed by atoms with Crippen molar-refractivity contribution >= 4 is 22.4 Å². The van der Waals surface area contributed by atoms with Gasteiger partial charge in [-0.25, -0.2) is 18.9 Å². The van der Waals surface area contributed by atoms with Gasteiger partial charge in [-0.1, -0.05) is 13.8 Å². The van der Waals surface area contributed by atoms with Gasteiger partial charge >= 0.3 is 0 Å². The Morgan fingerprint density at radius 3 is 2.69 bits per heavy atom. The zero-order valence-electron chi connectivity index (χ0n) is 21.5. The van der Waals surface area contributed by atoms with Crippen LogP contribution in [0, 0.1) is 5.82 Å². The Balaban J connectivity index is 1.50. The van der Waals surface area contributed by atoms with Crippen LogP contribution in [0.3, 0.4) is 0 Å². The summed E-state index contributed by atoms with van der Waals surface area (Å²) in [5, 5.41) is 18.3. The number of rotatable bonds is 7. The Bertz CT molecular complexity index is 1380. The minimum Gasteiger partial charge on any atom is -0.493 e. The molecular formula is C26H34FN7O2. The summed E-state index contributed by atoms with van der Waals surface area (Å²) >= 11 is 0. The Labute approximate surface area is 209 Å². The van der Waals surface area contributed by atoms with Gasteiger partial charge in [-0.15, -0.1) is 0 Å². The molecule has 36 heavy (non-hydrogen) atoms. The molecule has 5 rings (SSSR count). The van der Waals surface area contributed by atoms with Crippen molar-refractivity contribution in [2.75, 3.05) is 31.6 Å². The average Bonchev–Trinajstić information content (AvgIpc) is 3.47. The fourth-order valence-corrected chi connectivity index (χ4v) is 5.06. The highest BCUT2D eigenvalue weighted by atomic mass is 19.1. The number of halogens is 1. The number of pyridine rings is 2. The molecule has 0 bridgehead atoms. The van der Waals surface area contributed by atoms with Crippen LogP contribution in [0.4, 0.5) is 10.2 Å². The molecule has 9 nitrogen and oxygen atoms in total. The number of nitrogens with one attached hydrogen (secondary N) is 2. The second-order valence-electron chi connectivity index (χ2n) is 10.5. The highest BCUT2D eigenvalue weighted by molar-refractivity contribution is 5.93. The zero-order chi connectivity index (χ0) is 25.6. The molecule has 0 aliphatic carbocycles. The van der Waals surface area contributed by atoms with Crippen LogP contribution in [-0.2, 0) is 0 Å². The molecule has 0 saturated carbocycles. The summed E-state index contributed by atoms with van der Waals surface area (Å²) in [6, 6.07) is 2.20. The first kappa shape index (κ1) is 24.5. The highest BCUT2D eigenvalue weighted by Crippen LogP contribution is 2.40. The summed E-state index contributed by atoms with van der Waals surface area (Å²) in [5.41, 5.74) is 3.09. The van der Waals surface area contributed by atoms with Gasteiger partial charge in [-0.3, -0.25) is 0 Å². The van der Waals surface area contributed by atoms with Crippen molar-refractivity contribution in [1.82, 2.24) is 29.9 Å². The van der Waals surface area contributed by atoms with Gasteiger partial charge in [0.1, 0.15) is 6.33 Å². The van der Waals surface area contributed by atoms with Gasteiger partial charge < -0.3 is 25.0 Å². The predicted molar refractivity (Wildman–Crippen MR) is 138 cm³/mol. The number of aromatic nitrogens is 5. The van der Waals surface area contributed by atoms with Crippen molar-refractivity contribution in [3.05, 3.63) is 36.2 Å². The standard InChI is InChI=1S/C26H34FN7O2/c1-15(2)20-21-18(32-23(20)16-10-19(36-5)24-30-14-31-34(24)12-16)11-28-25(22(21)27)33-8-6-17(7-9-33)29-13-26(3,4)35/h10-12,14-15,17,29,32,35H,6-9,13H2,1-5H3. The van der Waals surface area contributed by atoms with E-state index in [1.165, 1.54) is 6.33 Å². The molecule has 192 valence electrons. The van der Waals surface area contributed by atoms with E-state index in [1.807, 2.05) is 17.2 Å². The molecule has 10 heteroatoms. The Morgan fingerprint density at radius 2 is 2.03 bits per heavy atom. The fourth-order valence-electron chi connectivity index (χ4n) is 5.06. The van der Waals surface area contributed by atoms with Gasteiger partial charge in [0.05, 0.1) is 30.1 Å². The van der Waals surface area contributed by atoms with E-state index in [1.54, 1.807) is 31.7 Å². The first-order valence-corrected chi connectivity index (χ1v) is 12.4. The van der Waals surface area contributed by atoms with E-state index in [0.717, 1.165) is 29.7 Å². The molecule has 1 saturated heterocycles. The molecule has 0 amide bonds. The van der Waals surface area contributed by atoms with Crippen LogP contribution >= 0.6 is 0 Å². The van der Waals surface area contributed by atoms with Crippen molar-refractivity contribution in [2.24, 2.45) is 0 Å². The summed E-state index contributed by atoms with van der Waals surface area (Å²) < 4.78 is 23.3. The number of aromatic amines is 1. The number of nitrogens with zero attached hydrogens (tertiary/aromatic N) is 5. The van der Waals surface area contributed by atoms with Crippen molar-refractivity contribution in [3.8, 4) is 17.0 Å². The summed E-state index contributed by atoms with van der Waals surface area (Å²) in [7, 11) is 1.60. The maximum Gasteiger partial charge on any atom is 0.197 e. The van der Waals surface area contributed by atoms with Crippen LogP contribution in [0.5, 0.6) is 5.75 Å². The lowest BCUT2D eigenvalue weighted by Gasteiger charge is -2.34. The molecule has 1 aliphatic heterocycles. The number of H-pyrrole nitrogens is 1. The van der Waals surface area contributed by atoms with Crippen LogP contribution in [-0.4, -0.2) is 68.1 Å². The monoisotopic (exact) mass is 495 g/mol. The van der Waals surface area contributed by atoms with E-state index >= 15 is 4.39 Å². The van der Waals surface area contributed by atoms with Crippen LogP contribution in [0.1, 0.15) is 52.0 Å². The predicted octanol–water partition coefficient (Wildman–Crippen LogP) is 3.87. The van der Waals surface area contributed by atoms with E-state index < -0.39 is 5.60 Å². The molecule has 5 heterocycles. The normalized spacial score (nSPS) is 15.5. The summed E-state index contributed by atoms with van der Waals surface area (Å²) in [6.45, 7) is 9.65. The van der Waals surface area contributed by atoms with Crippen LogP contribution < -0.4 is 15.0 Å². The molecule has 1 fully saturated rings. The van der Waals surface area contributed by atoms with Crippen molar-refractivity contribution in [3.63, 3.8) is 0 Å². The second-order valence-corrected chi connectivity index (χ2v) is 10.5. The minimum absolute atomic E-state index is 0.0627. The summed E-state index contributed by atoms with van der Waals surface area (Å²) in [4.78, 5) is 14.2. The lowest BCUT2D eigenvalue weighted by Crippen LogP contribution is -2.47. The minimum atomic E-state index is -0.752. The molecule has 4 aromatic heterocycles. The van der Waals surface area contributed by atoms with Gasteiger partial charge in [-0.2, -0.15) is 5.10 Å². The number of methoxy groups -OCH3 is 1. The topological polar surface area (TPSA) is 104 Å². The van der Waals surface area contributed by atoms with E-state index in [-0.39, 0.29) is 11.7 Å². The molecule has 3 N–H and O–H groups in total. The third-order valence-electron chi connectivity index (χ3n) is 6.84. The quantitative estimate of drug-likeness (QED) is 0.358. The van der Waals surface area contributed by atoms with E-state index in [0.29, 0.717) is 53.8 Å². The zero-order valence-corrected chi connectivity index (χ0v) is 21.5. The van der Waals surface area contributed by atoms with Gasteiger partial charge in [-0.05, 0) is 44.2 Å². The number of anilines is 1. The number of ether oxygens (including phenoxy) is 1. The average molecular weight is 496 g/mol. The molecule has 4 aromatic rings. The Hall–Kier alpha value is -3.24. The number of fused-ring (bicyclic) bond motifs is 2. The van der Waals surface area contributed by atoms with Crippen LogP contribution in [0.15, 0.2) is 24.8 Å². The SMILES string of the molecule is COc1cc(-c2[nH]c3cnc(N4CCC(NCC(C)(C)O)CC4)c(F)c3c2C(C)C)cn2ncnc12. The van der Waals surface area contributed by atoms with Crippen molar-refractivity contribution < 1.29 is 14.2 Å². The van der Waals surface area contributed by atoms with Gasteiger partial charge in [0.25, 0.3) is 0 Å². The number of hydrogen-bond donors (Lipinski definition) is 3. The Kier molecular flexibility index (Phi) is 6.34.